The fourth-order valence-electron chi connectivity index (χ4n) is 2.37. The van der Waals surface area contributed by atoms with Gasteiger partial charge in [-0.25, -0.2) is 0 Å². The number of carboxylic acid groups (broad SMARTS) is 2. The second kappa shape index (κ2) is 11.2. The number of aromatic amines is 1. The van der Waals surface area contributed by atoms with Crippen LogP contribution >= 0.6 is 0 Å². The molecule has 156 valence electrons. The first-order valence-corrected chi connectivity index (χ1v) is 15.4. The Morgan fingerprint density at radius 1 is 1.14 bits per heavy atom. The summed E-state index contributed by atoms with van der Waals surface area (Å²) in [5.74, 6) is -2.12. The monoisotopic (exact) mass is 474 g/mol. The molecule has 0 radical (unpaired) electrons. The number of fused-ring (bicyclic) bond motifs is 1. The van der Waals surface area contributed by atoms with Crippen molar-refractivity contribution in [3.63, 3.8) is 0 Å². The molecule has 1 heterocycles. The van der Waals surface area contributed by atoms with Crippen LogP contribution in [0.2, 0.25) is 16.6 Å². The van der Waals surface area contributed by atoms with E-state index in [0.29, 0.717) is 0 Å². The van der Waals surface area contributed by atoms with E-state index < -0.39 is 36.6 Å². The molecule has 0 saturated heterocycles. The number of hydrogen-bond donors (Lipinski definition) is 4. The first-order chi connectivity index (χ1) is 13.0. The maximum atomic E-state index is 11.6. The van der Waals surface area contributed by atoms with Crippen molar-refractivity contribution in [1.29, 1.82) is 0 Å². The Kier molecular flexibility index (Phi) is 9.72. The van der Waals surface area contributed by atoms with Gasteiger partial charge in [-0.2, -0.15) is 0 Å². The predicted molar refractivity (Wildman–Crippen MR) is 110 cm³/mol. The molecule has 0 spiro atoms. The Morgan fingerprint density at radius 3 is 2.25 bits per heavy atom. The second-order valence-electron chi connectivity index (χ2n) is 6.50. The van der Waals surface area contributed by atoms with Crippen LogP contribution in [-0.2, 0) is 31.8 Å². The molecular formula is C18H27AsN2O6S. The molecule has 0 saturated carbocycles. The molecule has 0 amide bonds. The number of benzene rings is 1. The molecule has 0 atom stereocenters. The van der Waals surface area contributed by atoms with Crippen LogP contribution in [0.15, 0.2) is 24.4 Å². The van der Waals surface area contributed by atoms with Gasteiger partial charge in [0.05, 0.1) is 12.8 Å². The van der Waals surface area contributed by atoms with Crippen LogP contribution in [0.1, 0.15) is 24.0 Å². The second-order valence-corrected chi connectivity index (χ2v) is 13.9. The summed E-state index contributed by atoms with van der Waals surface area (Å²) in [4.78, 5) is 22.5. The molecule has 0 fully saturated rings. The summed E-state index contributed by atoms with van der Waals surface area (Å²) < 4.78 is 25.6. The van der Waals surface area contributed by atoms with Crippen LogP contribution in [0, 0.1) is 0 Å². The molecule has 0 unspecified atom stereocenters. The number of nitrogens with one attached hydrogen (secondary N) is 2. The molecule has 2 rings (SSSR count). The van der Waals surface area contributed by atoms with Crippen molar-refractivity contribution in [2.45, 2.75) is 41.6 Å². The van der Waals surface area contributed by atoms with Crippen molar-refractivity contribution in [2.75, 3.05) is 7.05 Å². The summed E-state index contributed by atoms with van der Waals surface area (Å²) in [6, 6.07) is 5.83. The molecule has 0 aliphatic heterocycles. The molecule has 0 aliphatic rings. The zero-order valence-electron chi connectivity index (χ0n) is 16.2. The molecule has 28 heavy (non-hydrogen) atoms. The number of sulfonamides is 1. The summed E-state index contributed by atoms with van der Waals surface area (Å²) in [7, 11) is -1.77. The van der Waals surface area contributed by atoms with E-state index in [1.165, 1.54) is 17.8 Å². The molecule has 1 aromatic carbocycles. The Morgan fingerprint density at radius 2 is 1.75 bits per heavy atom. The van der Waals surface area contributed by atoms with Gasteiger partial charge in [-0.05, 0) is 0 Å². The molecule has 4 N–H and O–H groups in total. The molecule has 2 aromatic rings. The van der Waals surface area contributed by atoms with Gasteiger partial charge in [0.1, 0.15) is 0 Å². The van der Waals surface area contributed by atoms with Gasteiger partial charge in [-0.1, -0.05) is 0 Å². The first-order valence-electron chi connectivity index (χ1n) is 8.62. The summed E-state index contributed by atoms with van der Waals surface area (Å²) in [6.07, 6.45) is 2.54. The molecule has 10 heteroatoms. The van der Waals surface area contributed by atoms with E-state index >= 15 is 0 Å². The van der Waals surface area contributed by atoms with E-state index in [4.69, 9.17) is 10.2 Å². The van der Waals surface area contributed by atoms with Crippen LogP contribution in [-0.4, -0.2) is 57.3 Å². The van der Waals surface area contributed by atoms with Crippen molar-refractivity contribution in [1.82, 2.24) is 9.71 Å². The number of aromatic nitrogens is 1. The quantitative estimate of drug-likeness (QED) is 0.412. The number of rotatable bonds is 9. The minimum Gasteiger partial charge on any atom is -0.481 e. The normalized spacial score (nSPS) is 11.3. The minimum absolute atomic E-state index is 0.0312. The van der Waals surface area contributed by atoms with Gasteiger partial charge >= 0.3 is 137 Å². The summed E-state index contributed by atoms with van der Waals surface area (Å²) >= 11 is -0.629. The van der Waals surface area contributed by atoms with E-state index in [-0.39, 0.29) is 18.6 Å². The van der Waals surface area contributed by atoms with E-state index in [9.17, 15) is 18.0 Å². The summed E-state index contributed by atoms with van der Waals surface area (Å²) in [5.41, 5.74) is 7.92. The molecule has 1 aromatic heterocycles. The van der Waals surface area contributed by atoms with Crippen LogP contribution in [0.5, 0.6) is 0 Å². The fraction of sp³-hybridized carbons (Fsp3) is 0.444. The largest absolute Gasteiger partial charge is 0.481 e. The van der Waals surface area contributed by atoms with E-state index in [0.717, 1.165) is 22.9 Å². The van der Waals surface area contributed by atoms with Gasteiger partial charge < -0.3 is 10.2 Å². The Labute approximate surface area is 169 Å². The number of carboxylic acids is 2. The summed E-state index contributed by atoms with van der Waals surface area (Å²) in [5, 5.41) is 18.2. The number of carbonyl (C=O) groups is 2. The Hall–Kier alpha value is -1.83. The van der Waals surface area contributed by atoms with E-state index in [1.54, 1.807) is 0 Å². The molecule has 8 nitrogen and oxygen atoms in total. The Balaban J connectivity index is 0.000000416. The maximum absolute atomic E-state index is 11.6. The van der Waals surface area contributed by atoms with Gasteiger partial charge in [0.25, 0.3) is 0 Å². The molecule has 0 aliphatic carbocycles. The van der Waals surface area contributed by atoms with Crippen molar-refractivity contribution in [3.8, 4) is 0 Å². The minimum atomic E-state index is -3.22. The zero-order valence-corrected chi connectivity index (χ0v) is 18.9. The average molecular weight is 474 g/mol. The third-order valence-corrected chi connectivity index (χ3v) is 7.56. The van der Waals surface area contributed by atoms with Gasteiger partial charge in [-0.15, -0.1) is 0 Å². The third kappa shape index (κ3) is 8.90. The number of aryl methyl sites for hydroxylation is 1. The van der Waals surface area contributed by atoms with E-state index in [1.807, 2.05) is 18.2 Å². The number of H-pyrrole nitrogens is 1. The SMILES string of the molecule is CNS(=O)(=O)Cc1ccc2[nH]cc(CC[As](C)C)c2c1.O=C(O)CCC(=O)O. The van der Waals surface area contributed by atoms with Crippen molar-refractivity contribution >= 4 is 47.5 Å². The van der Waals surface area contributed by atoms with Crippen molar-refractivity contribution in [2.24, 2.45) is 0 Å². The van der Waals surface area contributed by atoms with E-state index in [2.05, 4.69) is 27.3 Å². The smallest absolute Gasteiger partial charge is 0.303 e. The van der Waals surface area contributed by atoms with Crippen LogP contribution in [0.25, 0.3) is 10.9 Å². The van der Waals surface area contributed by atoms with Crippen molar-refractivity contribution in [3.05, 3.63) is 35.5 Å². The zero-order chi connectivity index (χ0) is 21.3. The van der Waals surface area contributed by atoms with Gasteiger partial charge in [0.2, 0.25) is 0 Å². The fourth-order valence-corrected chi connectivity index (χ4v) is 4.58. The number of aliphatic carboxylic acids is 2. The van der Waals surface area contributed by atoms with Gasteiger partial charge in [0, 0.05) is 0 Å². The van der Waals surface area contributed by atoms with Crippen LogP contribution in [0.4, 0.5) is 0 Å². The standard InChI is InChI=1S/C14H21AsN2O2S.C4H6O4/c1-15(2)7-6-12-9-17-14-5-4-11(8-13(12)14)10-20(18,19)16-3;5-3(6)1-2-4(7)8/h4-5,8-9,16-17H,6-7,10H2,1-3H3;1-2H2,(H,5,6)(H,7,8). The predicted octanol–water partition coefficient (Wildman–Crippen LogP) is 2.45. The average Bonchev–Trinajstić information content (AvgIpc) is 3.00. The first kappa shape index (κ1) is 24.2. The van der Waals surface area contributed by atoms with Crippen LogP contribution < -0.4 is 4.72 Å². The molecular weight excluding hydrogens is 447 g/mol. The number of hydrogen-bond acceptors (Lipinski definition) is 4. The topological polar surface area (TPSA) is 137 Å². The summed E-state index contributed by atoms with van der Waals surface area (Å²) in [6.45, 7) is 0. The van der Waals surface area contributed by atoms with Gasteiger partial charge in [-0.3, -0.25) is 9.59 Å². The van der Waals surface area contributed by atoms with Crippen molar-refractivity contribution < 1.29 is 28.2 Å². The third-order valence-electron chi connectivity index (χ3n) is 3.88. The van der Waals surface area contributed by atoms with Crippen LogP contribution in [0.3, 0.4) is 0 Å². The maximum Gasteiger partial charge on any atom is 0.303 e. The molecule has 0 bridgehead atoms. The van der Waals surface area contributed by atoms with Gasteiger partial charge in [0.15, 0.2) is 0 Å². The Bertz CT molecular complexity index is 894.